The molecule has 1 aliphatic carbocycles. The van der Waals surface area contributed by atoms with Gasteiger partial charge in [0.25, 0.3) is 0 Å². The molecule has 2 nitrogen and oxygen atoms in total. The minimum Gasteiger partial charge on any atom is -0.481 e. The first-order chi connectivity index (χ1) is 7.59. The molecule has 1 aliphatic rings. The van der Waals surface area contributed by atoms with Crippen LogP contribution in [0.25, 0.3) is 6.08 Å². The van der Waals surface area contributed by atoms with Crippen molar-refractivity contribution in [3.8, 4) is 0 Å². The molecule has 1 N–H and O–H groups in total. The van der Waals surface area contributed by atoms with Gasteiger partial charge in [0, 0.05) is 5.02 Å². The van der Waals surface area contributed by atoms with Crippen LogP contribution in [0.3, 0.4) is 0 Å². The van der Waals surface area contributed by atoms with Crippen LogP contribution in [0.2, 0.25) is 5.02 Å². The molecule has 1 unspecified atom stereocenters. The van der Waals surface area contributed by atoms with E-state index >= 15 is 0 Å². The fourth-order valence-electron chi connectivity index (χ4n) is 2.00. The zero-order valence-corrected chi connectivity index (χ0v) is 9.79. The highest BCUT2D eigenvalue weighted by atomic mass is 35.5. The van der Waals surface area contributed by atoms with E-state index in [-0.39, 0.29) is 0 Å². The Morgan fingerprint density at radius 1 is 1.44 bits per heavy atom. The number of carboxylic acid groups (broad SMARTS) is 1. The van der Waals surface area contributed by atoms with Gasteiger partial charge in [-0.05, 0) is 37.0 Å². The number of aryl methyl sites for hydroxylation is 1. The molecule has 0 bridgehead atoms. The van der Waals surface area contributed by atoms with Gasteiger partial charge in [0.2, 0.25) is 0 Å². The zero-order chi connectivity index (χ0) is 11.7. The van der Waals surface area contributed by atoms with E-state index in [1.807, 2.05) is 24.3 Å². The van der Waals surface area contributed by atoms with E-state index in [1.54, 1.807) is 6.92 Å². The van der Waals surface area contributed by atoms with Crippen molar-refractivity contribution in [1.29, 1.82) is 0 Å². The highest BCUT2D eigenvalue weighted by Crippen LogP contribution is 2.32. The zero-order valence-electron chi connectivity index (χ0n) is 9.03. The van der Waals surface area contributed by atoms with Gasteiger partial charge in [-0.1, -0.05) is 35.4 Å². The van der Waals surface area contributed by atoms with Gasteiger partial charge in [-0.2, -0.15) is 0 Å². The summed E-state index contributed by atoms with van der Waals surface area (Å²) in [6.45, 7) is 1.72. The summed E-state index contributed by atoms with van der Waals surface area (Å²) in [5.41, 5.74) is 3.14. The first-order valence-electron chi connectivity index (χ1n) is 5.30. The molecule has 1 atom stereocenters. The van der Waals surface area contributed by atoms with Crippen molar-refractivity contribution in [3.63, 3.8) is 0 Å². The van der Waals surface area contributed by atoms with E-state index in [0.717, 1.165) is 24.0 Å². The second-order valence-electron chi connectivity index (χ2n) is 4.09. The molecule has 16 heavy (non-hydrogen) atoms. The molecule has 0 spiro atoms. The van der Waals surface area contributed by atoms with Crippen molar-refractivity contribution in [2.75, 3.05) is 0 Å². The van der Waals surface area contributed by atoms with Gasteiger partial charge in [-0.15, -0.1) is 0 Å². The van der Waals surface area contributed by atoms with Crippen LogP contribution in [0.4, 0.5) is 0 Å². The van der Waals surface area contributed by atoms with Crippen LogP contribution in [0, 0.1) is 5.92 Å². The summed E-state index contributed by atoms with van der Waals surface area (Å²) in [7, 11) is 0. The minimum absolute atomic E-state index is 0.426. The summed E-state index contributed by atoms with van der Waals surface area (Å²) in [6, 6.07) is 5.81. The van der Waals surface area contributed by atoms with E-state index in [1.165, 1.54) is 5.56 Å². The normalized spacial score (nSPS) is 16.2. The monoisotopic (exact) mass is 236 g/mol. The van der Waals surface area contributed by atoms with Crippen LogP contribution < -0.4 is 0 Å². The SMILES string of the molecule is CC(C(=O)O)C1=Cc2c(Cl)cccc2CC1. The van der Waals surface area contributed by atoms with Crippen molar-refractivity contribution < 1.29 is 9.90 Å². The molecule has 0 aliphatic heterocycles. The standard InChI is InChI=1S/C13H13ClO2/c1-8(13(15)16)10-6-5-9-3-2-4-12(14)11(9)7-10/h2-4,7-8H,5-6H2,1H3,(H,15,16). The van der Waals surface area contributed by atoms with Gasteiger partial charge < -0.3 is 5.11 Å². The Bertz CT molecular complexity index is 463. The number of hydrogen-bond donors (Lipinski definition) is 1. The third kappa shape index (κ3) is 1.98. The van der Waals surface area contributed by atoms with E-state index in [0.29, 0.717) is 5.02 Å². The molecule has 1 aromatic rings. The number of benzene rings is 1. The van der Waals surface area contributed by atoms with Crippen molar-refractivity contribution in [3.05, 3.63) is 39.9 Å². The summed E-state index contributed by atoms with van der Waals surface area (Å²) in [5, 5.41) is 9.68. The summed E-state index contributed by atoms with van der Waals surface area (Å²) < 4.78 is 0. The number of hydrogen-bond acceptors (Lipinski definition) is 1. The molecule has 0 aromatic heterocycles. The van der Waals surface area contributed by atoms with Crippen LogP contribution in [0.1, 0.15) is 24.5 Å². The van der Waals surface area contributed by atoms with E-state index in [9.17, 15) is 4.79 Å². The lowest BCUT2D eigenvalue weighted by molar-refractivity contribution is -0.139. The quantitative estimate of drug-likeness (QED) is 0.855. The molecular formula is C13H13ClO2. The van der Waals surface area contributed by atoms with Gasteiger partial charge in [-0.25, -0.2) is 0 Å². The topological polar surface area (TPSA) is 37.3 Å². The second-order valence-corrected chi connectivity index (χ2v) is 4.50. The van der Waals surface area contributed by atoms with Crippen molar-refractivity contribution >= 4 is 23.6 Å². The molecular weight excluding hydrogens is 224 g/mol. The summed E-state index contributed by atoms with van der Waals surface area (Å²) in [5.74, 6) is -1.20. The summed E-state index contributed by atoms with van der Waals surface area (Å²) in [6.07, 6.45) is 3.61. The minimum atomic E-state index is -0.776. The fourth-order valence-corrected chi connectivity index (χ4v) is 2.25. The molecule has 0 fully saturated rings. The largest absolute Gasteiger partial charge is 0.481 e. The van der Waals surface area contributed by atoms with E-state index in [2.05, 4.69) is 0 Å². The Morgan fingerprint density at radius 2 is 2.19 bits per heavy atom. The number of fused-ring (bicyclic) bond motifs is 1. The van der Waals surface area contributed by atoms with Gasteiger partial charge in [-0.3, -0.25) is 4.79 Å². The maximum absolute atomic E-state index is 10.9. The molecule has 0 radical (unpaired) electrons. The van der Waals surface area contributed by atoms with E-state index in [4.69, 9.17) is 16.7 Å². The summed E-state index contributed by atoms with van der Waals surface area (Å²) >= 11 is 6.10. The maximum Gasteiger partial charge on any atom is 0.310 e. The van der Waals surface area contributed by atoms with Crippen LogP contribution in [0.5, 0.6) is 0 Å². The molecule has 0 amide bonds. The Balaban J connectivity index is 2.41. The number of carbonyl (C=O) groups is 1. The van der Waals surface area contributed by atoms with Crippen LogP contribution in [-0.2, 0) is 11.2 Å². The fraction of sp³-hybridized carbons (Fsp3) is 0.308. The summed E-state index contributed by atoms with van der Waals surface area (Å²) in [4.78, 5) is 10.9. The average molecular weight is 237 g/mol. The predicted octanol–water partition coefficient (Wildman–Crippen LogP) is 3.39. The highest BCUT2D eigenvalue weighted by Gasteiger charge is 2.21. The molecule has 0 heterocycles. The van der Waals surface area contributed by atoms with Crippen LogP contribution >= 0.6 is 11.6 Å². The average Bonchev–Trinajstić information content (AvgIpc) is 2.28. The lowest BCUT2D eigenvalue weighted by Gasteiger charge is -2.19. The molecule has 0 saturated carbocycles. The lowest BCUT2D eigenvalue weighted by Crippen LogP contribution is -2.15. The second kappa shape index (κ2) is 4.30. The first-order valence-corrected chi connectivity index (χ1v) is 5.68. The van der Waals surface area contributed by atoms with Crippen molar-refractivity contribution in [2.24, 2.45) is 5.92 Å². The molecule has 1 aromatic carbocycles. The third-order valence-corrected chi connectivity index (χ3v) is 3.41. The third-order valence-electron chi connectivity index (χ3n) is 3.08. The Labute approximate surface area is 99.5 Å². The molecule has 3 heteroatoms. The van der Waals surface area contributed by atoms with Gasteiger partial charge in [0.15, 0.2) is 0 Å². The highest BCUT2D eigenvalue weighted by molar-refractivity contribution is 6.32. The Hall–Kier alpha value is -1.28. The number of rotatable bonds is 2. The molecule has 2 rings (SSSR count). The Morgan fingerprint density at radius 3 is 2.88 bits per heavy atom. The van der Waals surface area contributed by atoms with E-state index < -0.39 is 11.9 Å². The Kier molecular flexibility index (Phi) is 3.01. The predicted molar refractivity (Wildman–Crippen MR) is 64.5 cm³/mol. The van der Waals surface area contributed by atoms with Crippen molar-refractivity contribution in [2.45, 2.75) is 19.8 Å². The van der Waals surface area contributed by atoms with Crippen molar-refractivity contribution in [1.82, 2.24) is 0 Å². The maximum atomic E-state index is 10.9. The number of aliphatic carboxylic acids is 1. The first kappa shape index (κ1) is 11.2. The number of halogens is 1. The molecule has 84 valence electrons. The van der Waals surface area contributed by atoms with Crippen LogP contribution in [-0.4, -0.2) is 11.1 Å². The van der Waals surface area contributed by atoms with Crippen LogP contribution in [0.15, 0.2) is 23.8 Å². The smallest absolute Gasteiger partial charge is 0.310 e. The van der Waals surface area contributed by atoms with Gasteiger partial charge >= 0.3 is 5.97 Å². The van der Waals surface area contributed by atoms with Gasteiger partial charge in [0.05, 0.1) is 5.92 Å². The molecule has 0 saturated heterocycles. The lowest BCUT2D eigenvalue weighted by atomic mass is 9.86. The number of carboxylic acids is 1. The van der Waals surface area contributed by atoms with Gasteiger partial charge in [0.1, 0.15) is 0 Å².